The van der Waals surface area contributed by atoms with Crippen LogP contribution in [0.15, 0.2) is 0 Å². The first-order valence-electron chi connectivity index (χ1n) is 7.68. The van der Waals surface area contributed by atoms with Crippen LogP contribution in [0.1, 0.15) is 61.8 Å². The average Bonchev–Trinajstić information content (AvgIpc) is 2.23. The monoisotopic (exact) mass is 286 g/mol. The molecule has 4 nitrogen and oxygen atoms in total. The van der Waals surface area contributed by atoms with E-state index >= 15 is 0 Å². The second-order valence-corrected chi connectivity index (χ2v) is 7.52. The van der Waals surface area contributed by atoms with Crippen molar-refractivity contribution in [2.75, 3.05) is 19.6 Å². The third-order valence-electron chi connectivity index (χ3n) is 3.13. The van der Waals surface area contributed by atoms with Crippen molar-refractivity contribution < 1.29 is 9.53 Å². The van der Waals surface area contributed by atoms with Crippen molar-refractivity contribution in [2.45, 2.75) is 73.0 Å². The van der Waals surface area contributed by atoms with E-state index in [0.29, 0.717) is 12.5 Å². The molecule has 4 heteroatoms. The number of amides is 1. The van der Waals surface area contributed by atoms with Crippen molar-refractivity contribution >= 4 is 6.09 Å². The summed E-state index contributed by atoms with van der Waals surface area (Å²) in [6.07, 6.45) is 0.928. The molecule has 1 unspecified atom stereocenters. The van der Waals surface area contributed by atoms with E-state index < -0.39 is 5.60 Å². The molecule has 0 fully saturated rings. The first kappa shape index (κ1) is 19.2. The van der Waals surface area contributed by atoms with Crippen LogP contribution < -0.4 is 5.32 Å². The predicted octanol–water partition coefficient (Wildman–Crippen LogP) is 3.66. The molecule has 0 radical (unpaired) electrons. The van der Waals surface area contributed by atoms with Gasteiger partial charge >= 0.3 is 6.09 Å². The molecule has 0 rings (SSSR count). The Morgan fingerprint density at radius 2 is 1.75 bits per heavy atom. The van der Waals surface area contributed by atoms with E-state index in [0.717, 1.165) is 13.1 Å². The molecule has 0 aliphatic carbocycles. The lowest BCUT2D eigenvalue weighted by Crippen LogP contribution is -2.50. The Bertz CT molecular complexity index is 290. The minimum atomic E-state index is -0.454. The smallest absolute Gasteiger partial charge is 0.410 e. The van der Waals surface area contributed by atoms with E-state index in [4.69, 9.17) is 4.74 Å². The van der Waals surface area contributed by atoms with Gasteiger partial charge in [-0.25, -0.2) is 4.79 Å². The van der Waals surface area contributed by atoms with Gasteiger partial charge in [0.05, 0.1) is 0 Å². The average molecular weight is 286 g/mol. The molecule has 0 spiro atoms. The molecule has 1 amide bonds. The highest BCUT2D eigenvalue weighted by Gasteiger charge is 2.30. The topological polar surface area (TPSA) is 41.6 Å². The lowest BCUT2D eigenvalue weighted by atomic mass is 10.1. The molecular formula is C16H34N2O2. The molecule has 0 saturated carbocycles. The summed E-state index contributed by atoms with van der Waals surface area (Å²) in [5.41, 5.74) is -0.689. The largest absolute Gasteiger partial charge is 0.444 e. The van der Waals surface area contributed by atoms with E-state index in [1.54, 1.807) is 4.90 Å². The van der Waals surface area contributed by atoms with Crippen LogP contribution in [0.2, 0.25) is 0 Å². The van der Waals surface area contributed by atoms with Gasteiger partial charge in [0.25, 0.3) is 0 Å². The van der Waals surface area contributed by atoms with Gasteiger partial charge in [0, 0.05) is 18.6 Å². The number of rotatable bonds is 6. The van der Waals surface area contributed by atoms with E-state index in [2.05, 4.69) is 19.2 Å². The predicted molar refractivity (Wildman–Crippen MR) is 85.0 cm³/mol. The molecule has 0 heterocycles. The maximum Gasteiger partial charge on any atom is 0.410 e. The zero-order valence-corrected chi connectivity index (χ0v) is 14.7. The molecular weight excluding hydrogens is 252 g/mol. The summed E-state index contributed by atoms with van der Waals surface area (Å²) in [4.78, 5) is 14.1. The van der Waals surface area contributed by atoms with Crippen molar-refractivity contribution in [3.63, 3.8) is 0 Å². The Hall–Kier alpha value is -0.770. The Morgan fingerprint density at radius 3 is 2.15 bits per heavy atom. The SMILES string of the molecule is CCC(C)CNCCN(C(=O)OC(C)(C)C)C(C)(C)C. The summed E-state index contributed by atoms with van der Waals surface area (Å²) in [5.74, 6) is 0.666. The fraction of sp³-hybridized carbons (Fsp3) is 0.938. The fourth-order valence-electron chi connectivity index (χ4n) is 1.70. The molecule has 0 aliphatic rings. The molecule has 0 aromatic heterocycles. The first-order valence-corrected chi connectivity index (χ1v) is 7.68. The molecule has 0 aromatic rings. The van der Waals surface area contributed by atoms with Crippen molar-refractivity contribution in [3.8, 4) is 0 Å². The van der Waals surface area contributed by atoms with Crippen LogP contribution in [0.25, 0.3) is 0 Å². The molecule has 20 heavy (non-hydrogen) atoms. The third kappa shape index (κ3) is 8.41. The maximum absolute atomic E-state index is 12.3. The second kappa shape index (κ2) is 7.87. The van der Waals surface area contributed by atoms with Gasteiger partial charge in [-0.15, -0.1) is 0 Å². The van der Waals surface area contributed by atoms with Gasteiger partial charge in [-0.05, 0) is 54.0 Å². The van der Waals surface area contributed by atoms with E-state index in [-0.39, 0.29) is 11.6 Å². The second-order valence-electron chi connectivity index (χ2n) is 7.52. The highest BCUT2D eigenvalue weighted by atomic mass is 16.6. The van der Waals surface area contributed by atoms with Crippen LogP contribution >= 0.6 is 0 Å². The van der Waals surface area contributed by atoms with Gasteiger partial charge in [0.2, 0.25) is 0 Å². The Kier molecular flexibility index (Phi) is 7.56. The standard InChI is InChI=1S/C16H34N2O2/c1-9-13(2)12-17-10-11-18(15(3,4)5)14(19)20-16(6,7)8/h13,17H,9-12H2,1-8H3. The molecule has 1 atom stereocenters. The first-order chi connectivity index (χ1) is 8.97. The molecule has 0 bridgehead atoms. The fourth-order valence-corrected chi connectivity index (χ4v) is 1.70. The van der Waals surface area contributed by atoms with Gasteiger partial charge in [-0.3, -0.25) is 0 Å². The summed E-state index contributed by atoms with van der Waals surface area (Å²) >= 11 is 0. The Labute approximate surface area is 125 Å². The number of carbonyl (C=O) groups excluding carboxylic acids is 1. The maximum atomic E-state index is 12.3. The molecule has 0 aromatic carbocycles. The number of hydrogen-bond donors (Lipinski definition) is 1. The van der Waals surface area contributed by atoms with Crippen LogP contribution in [-0.4, -0.2) is 41.8 Å². The number of nitrogens with one attached hydrogen (secondary N) is 1. The zero-order valence-electron chi connectivity index (χ0n) is 14.7. The summed E-state index contributed by atoms with van der Waals surface area (Å²) < 4.78 is 5.48. The Balaban J connectivity index is 4.41. The number of nitrogens with zero attached hydrogens (tertiary/aromatic N) is 1. The van der Waals surface area contributed by atoms with Crippen LogP contribution in [0.5, 0.6) is 0 Å². The number of carbonyl (C=O) groups is 1. The highest BCUT2D eigenvalue weighted by Crippen LogP contribution is 2.17. The highest BCUT2D eigenvalue weighted by molar-refractivity contribution is 5.69. The van der Waals surface area contributed by atoms with Gasteiger partial charge < -0.3 is 15.0 Å². The van der Waals surface area contributed by atoms with E-state index in [1.807, 2.05) is 41.5 Å². The quantitative estimate of drug-likeness (QED) is 0.758. The molecule has 1 N–H and O–H groups in total. The van der Waals surface area contributed by atoms with Gasteiger partial charge in [0.15, 0.2) is 0 Å². The summed E-state index contributed by atoms with van der Waals surface area (Å²) in [5, 5.41) is 3.41. The Morgan fingerprint density at radius 1 is 1.20 bits per heavy atom. The van der Waals surface area contributed by atoms with E-state index in [1.165, 1.54) is 6.42 Å². The van der Waals surface area contributed by atoms with Crippen LogP contribution in [0.3, 0.4) is 0 Å². The number of ether oxygens (including phenoxy) is 1. The van der Waals surface area contributed by atoms with Crippen LogP contribution in [-0.2, 0) is 4.74 Å². The summed E-state index contributed by atoms with van der Waals surface area (Å²) in [7, 11) is 0. The molecule has 0 saturated heterocycles. The van der Waals surface area contributed by atoms with Crippen molar-refractivity contribution in [1.82, 2.24) is 10.2 Å². The van der Waals surface area contributed by atoms with Crippen molar-refractivity contribution in [3.05, 3.63) is 0 Å². The third-order valence-corrected chi connectivity index (χ3v) is 3.13. The van der Waals surface area contributed by atoms with E-state index in [9.17, 15) is 4.79 Å². The lowest BCUT2D eigenvalue weighted by molar-refractivity contribution is 0.00662. The minimum absolute atomic E-state index is 0.236. The van der Waals surface area contributed by atoms with Crippen LogP contribution in [0.4, 0.5) is 4.79 Å². The molecule has 120 valence electrons. The van der Waals surface area contributed by atoms with Gasteiger partial charge in [0.1, 0.15) is 5.60 Å². The summed E-state index contributed by atoms with van der Waals surface area (Å²) in [6, 6.07) is 0. The minimum Gasteiger partial charge on any atom is -0.444 e. The summed E-state index contributed by atoms with van der Waals surface area (Å²) in [6.45, 7) is 18.6. The van der Waals surface area contributed by atoms with Gasteiger partial charge in [-0.1, -0.05) is 20.3 Å². The number of hydrogen-bond acceptors (Lipinski definition) is 3. The zero-order chi connectivity index (χ0) is 16.0. The lowest BCUT2D eigenvalue weighted by Gasteiger charge is -2.37. The van der Waals surface area contributed by atoms with Crippen molar-refractivity contribution in [1.29, 1.82) is 0 Å². The van der Waals surface area contributed by atoms with Crippen molar-refractivity contribution in [2.24, 2.45) is 5.92 Å². The molecule has 0 aliphatic heterocycles. The normalized spacial score (nSPS) is 14.0. The van der Waals surface area contributed by atoms with Gasteiger partial charge in [-0.2, -0.15) is 0 Å². The van der Waals surface area contributed by atoms with Crippen LogP contribution in [0, 0.1) is 5.92 Å².